The van der Waals surface area contributed by atoms with E-state index < -0.39 is 35.3 Å². The summed E-state index contributed by atoms with van der Waals surface area (Å²) >= 11 is 0. The maximum atomic E-state index is 12.9. The van der Waals surface area contributed by atoms with E-state index in [0.29, 0.717) is 11.1 Å². The molecule has 4 rings (SSSR count). The minimum absolute atomic E-state index is 0.178. The minimum atomic E-state index is -1.19. The van der Waals surface area contributed by atoms with Crippen molar-refractivity contribution in [3.05, 3.63) is 119 Å². The maximum Gasteiger partial charge on any atom is 0.328 e. The Balaban J connectivity index is 0.000000233. The van der Waals surface area contributed by atoms with Crippen LogP contribution >= 0.6 is 0 Å². The topological polar surface area (TPSA) is 125 Å². The number of fused-ring (bicyclic) bond motifs is 1. The van der Waals surface area contributed by atoms with Crippen molar-refractivity contribution in [2.75, 3.05) is 0 Å². The van der Waals surface area contributed by atoms with Gasteiger partial charge in [0, 0.05) is 40.7 Å². The van der Waals surface area contributed by atoms with E-state index in [1.165, 1.54) is 36.4 Å². The summed E-state index contributed by atoms with van der Waals surface area (Å²) in [6.07, 6.45) is 3.12. The number of Topliss-reactive ketones (excluding diaryl/α,β-unsaturated/α-hetero) is 1. The van der Waals surface area contributed by atoms with Crippen LogP contribution in [0.15, 0.2) is 91.1 Å². The van der Waals surface area contributed by atoms with Gasteiger partial charge in [-0.3, -0.25) is 14.4 Å². The number of carbonyl (C=O) groups is 4. The molecule has 1 aromatic heterocycles. The number of hydrogen-bond donors (Lipinski definition) is 3. The molecule has 188 valence electrons. The number of ketones is 2. The lowest BCUT2D eigenvalue weighted by Crippen LogP contribution is -2.16. The fourth-order valence-corrected chi connectivity index (χ4v) is 3.51. The van der Waals surface area contributed by atoms with Crippen molar-refractivity contribution in [3.63, 3.8) is 0 Å². The summed E-state index contributed by atoms with van der Waals surface area (Å²) in [6, 6.07) is 17.3. The van der Waals surface area contributed by atoms with Crippen LogP contribution in [-0.4, -0.2) is 38.7 Å². The van der Waals surface area contributed by atoms with E-state index in [4.69, 9.17) is 5.11 Å². The largest absolute Gasteiger partial charge is 0.481 e. The molecule has 0 aliphatic rings. The van der Waals surface area contributed by atoms with Crippen LogP contribution in [-0.2, 0) is 9.59 Å². The lowest BCUT2D eigenvalue weighted by atomic mass is 9.91. The minimum Gasteiger partial charge on any atom is -0.481 e. The molecule has 37 heavy (non-hydrogen) atoms. The Morgan fingerprint density at radius 1 is 0.784 bits per heavy atom. The van der Waals surface area contributed by atoms with E-state index in [1.807, 2.05) is 24.3 Å². The zero-order valence-corrected chi connectivity index (χ0v) is 19.2. The number of hydrogen-bond acceptors (Lipinski definition) is 4. The molecule has 7 nitrogen and oxygen atoms in total. The second-order valence-electron chi connectivity index (χ2n) is 7.86. The molecule has 0 bridgehead atoms. The first-order valence-electron chi connectivity index (χ1n) is 10.9. The highest BCUT2D eigenvalue weighted by Gasteiger charge is 2.26. The third-order valence-corrected chi connectivity index (χ3v) is 5.36. The number of H-pyrrole nitrogens is 1. The second-order valence-corrected chi connectivity index (χ2v) is 7.86. The van der Waals surface area contributed by atoms with Gasteiger partial charge in [0.25, 0.3) is 0 Å². The van der Waals surface area contributed by atoms with Crippen LogP contribution in [0.1, 0.15) is 38.6 Å². The lowest BCUT2D eigenvalue weighted by molar-refractivity contribution is -0.138. The van der Waals surface area contributed by atoms with E-state index in [2.05, 4.69) is 4.98 Å². The summed E-state index contributed by atoms with van der Waals surface area (Å²) in [4.78, 5) is 48.2. The monoisotopic (exact) mass is 505 g/mol. The van der Waals surface area contributed by atoms with Gasteiger partial charge in [0.2, 0.25) is 0 Å². The van der Waals surface area contributed by atoms with E-state index in [0.717, 1.165) is 35.2 Å². The SMILES string of the molecule is O=C(CC(C(=O)O)c1c[nH]c2ccccc12)c1ccc(F)cc1.O=C(O)/C=C/C(=O)c1ccc(F)cc1. The molecule has 0 saturated heterocycles. The van der Waals surface area contributed by atoms with Crippen molar-refractivity contribution in [3.8, 4) is 0 Å². The average molecular weight is 505 g/mol. The van der Waals surface area contributed by atoms with Crippen LogP contribution in [0.25, 0.3) is 10.9 Å². The molecule has 1 atom stereocenters. The maximum absolute atomic E-state index is 12.9. The predicted octanol–water partition coefficient (Wildman–Crippen LogP) is 5.40. The number of aromatic amines is 1. The van der Waals surface area contributed by atoms with E-state index >= 15 is 0 Å². The van der Waals surface area contributed by atoms with Gasteiger partial charge in [0.15, 0.2) is 11.6 Å². The predicted molar refractivity (Wildman–Crippen MR) is 132 cm³/mol. The van der Waals surface area contributed by atoms with Crippen molar-refractivity contribution in [2.45, 2.75) is 12.3 Å². The molecule has 4 aromatic rings. The Morgan fingerprint density at radius 3 is 1.92 bits per heavy atom. The summed E-state index contributed by atoms with van der Waals surface area (Å²) in [5, 5.41) is 18.6. The number of allylic oxidation sites excluding steroid dienone is 1. The van der Waals surface area contributed by atoms with E-state index in [9.17, 15) is 33.1 Å². The van der Waals surface area contributed by atoms with Crippen molar-refractivity contribution in [2.24, 2.45) is 0 Å². The zero-order valence-electron chi connectivity index (χ0n) is 19.2. The Bertz CT molecular complexity index is 1460. The van der Waals surface area contributed by atoms with Crippen LogP contribution in [0, 0.1) is 11.6 Å². The van der Waals surface area contributed by atoms with Crippen LogP contribution < -0.4 is 0 Å². The first-order valence-corrected chi connectivity index (χ1v) is 10.9. The van der Waals surface area contributed by atoms with Crippen LogP contribution in [0.5, 0.6) is 0 Å². The lowest BCUT2D eigenvalue weighted by Gasteiger charge is -2.11. The van der Waals surface area contributed by atoms with Gasteiger partial charge in [-0.25, -0.2) is 13.6 Å². The van der Waals surface area contributed by atoms with Crippen LogP contribution in [0.4, 0.5) is 8.78 Å². The average Bonchev–Trinajstić information content (AvgIpc) is 3.30. The summed E-state index contributed by atoms with van der Waals surface area (Å²) in [5.74, 6) is -4.89. The molecular formula is C28H21F2NO6. The fourth-order valence-electron chi connectivity index (χ4n) is 3.51. The number of para-hydroxylation sites is 1. The number of carbonyl (C=O) groups excluding carboxylic acids is 2. The molecule has 3 aromatic carbocycles. The molecule has 0 aliphatic heterocycles. The molecule has 0 fully saturated rings. The van der Waals surface area contributed by atoms with Crippen molar-refractivity contribution < 1.29 is 38.2 Å². The molecule has 0 radical (unpaired) electrons. The number of carboxylic acids is 2. The first-order chi connectivity index (χ1) is 17.7. The first kappa shape index (κ1) is 26.7. The molecule has 1 unspecified atom stereocenters. The van der Waals surface area contributed by atoms with Crippen molar-refractivity contribution in [1.29, 1.82) is 0 Å². The van der Waals surface area contributed by atoms with Crippen LogP contribution in [0.2, 0.25) is 0 Å². The Morgan fingerprint density at radius 2 is 1.35 bits per heavy atom. The third-order valence-electron chi connectivity index (χ3n) is 5.36. The highest BCUT2D eigenvalue weighted by atomic mass is 19.1. The summed E-state index contributed by atoms with van der Waals surface area (Å²) in [7, 11) is 0. The Kier molecular flexibility index (Phi) is 8.77. The van der Waals surface area contributed by atoms with Gasteiger partial charge < -0.3 is 15.2 Å². The Labute approximate surface area is 209 Å². The number of aromatic nitrogens is 1. The van der Waals surface area contributed by atoms with Gasteiger partial charge in [0.05, 0.1) is 5.92 Å². The van der Waals surface area contributed by atoms with Crippen LogP contribution in [0.3, 0.4) is 0 Å². The molecule has 9 heteroatoms. The molecule has 1 heterocycles. The Hall–Kier alpha value is -4.92. The standard InChI is InChI=1S/C18H14FNO3.C10H7FO3/c19-12-7-5-11(6-8-12)17(21)9-14(18(22)23)15-10-20-16-4-2-1-3-13(15)16;11-8-3-1-7(2-4-8)9(12)5-6-10(13)14/h1-8,10,14,20H,9H2,(H,22,23);1-6H,(H,13,14)/b;6-5+. The zero-order chi connectivity index (χ0) is 26.9. The number of halogens is 2. The molecule has 0 saturated carbocycles. The number of rotatable bonds is 8. The fraction of sp³-hybridized carbons (Fsp3) is 0.0714. The quantitative estimate of drug-likeness (QED) is 0.218. The molecule has 0 aliphatic carbocycles. The highest BCUT2D eigenvalue weighted by Crippen LogP contribution is 2.29. The summed E-state index contributed by atoms with van der Waals surface area (Å²) in [6.45, 7) is 0. The molecule has 0 amide bonds. The van der Waals surface area contributed by atoms with Crippen molar-refractivity contribution >= 4 is 34.4 Å². The molecule has 3 N–H and O–H groups in total. The van der Waals surface area contributed by atoms with Gasteiger partial charge in [0.1, 0.15) is 11.6 Å². The van der Waals surface area contributed by atoms with Gasteiger partial charge in [-0.15, -0.1) is 0 Å². The molecule has 0 spiro atoms. The van der Waals surface area contributed by atoms with Gasteiger partial charge in [-0.1, -0.05) is 18.2 Å². The van der Waals surface area contributed by atoms with Gasteiger partial charge in [-0.2, -0.15) is 0 Å². The smallest absolute Gasteiger partial charge is 0.328 e. The van der Waals surface area contributed by atoms with Gasteiger partial charge >= 0.3 is 11.9 Å². The summed E-state index contributed by atoms with van der Waals surface area (Å²) in [5.41, 5.74) is 1.95. The number of benzene rings is 3. The number of nitrogens with one attached hydrogen (secondary N) is 1. The van der Waals surface area contributed by atoms with E-state index in [-0.39, 0.29) is 17.8 Å². The number of carboxylic acid groups (broad SMARTS) is 2. The number of aliphatic carboxylic acids is 2. The highest BCUT2D eigenvalue weighted by molar-refractivity contribution is 6.06. The second kappa shape index (κ2) is 12.2. The summed E-state index contributed by atoms with van der Waals surface area (Å²) < 4.78 is 25.4. The van der Waals surface area contributed by atoms with Gasteiger partial charge in [-0.05, 0) is 66.2 Å². The van der Waals surface area contributed by atoms with Crippen molar-refractivity contribution in [1.82, 2.24) is 4.98 Å². The third kappa shape index (κ3) is 7.28. The normalized spacial score (nSPS) is 11.5. The van der Waals surface area contributed by atoms with E-state index in [1.54, 1.807) is 6.20 Å². The molecular weight excluding hydrogens is 484 g/mol.